The van der Waals surface area contributed by atoms with Crippen molar-refractivity contribution in [1.29, 1.82) is 0 Å². The number of alkyl halides is 3. The van der Waals surface area contributed by atoms with Gasteiger partial charge in [0.05, 0.1) is 6.54 Å². The van der Waals surface area contributed by atoms with Crippen molar-refractivity contribution >= 4 is 11.9 Å². The number of nitrogens with one attached hydrogen (secondary N) is 1. The van der Waals surface area contributed by atoms with Crippen LogP contribution in [0.5, 0.6) is 0 Å². The van der Waals surface area contributed by atoms with Crippen LogP contribution in [0.2, 0.25) is 0 Å². The first kappa shape index (κ1) is 17.0. The third kappa shape index (κ3) is 6.26. The molecule has 2 N–H and O–H groups in total. The number of carboxylic acids is 1. The lowest BCUT2D eigenvalue weighted by molar-refractivity contribution is -0.192. The zero-order chi connectivity index (χ0) is 15.9. The number of halogens is 3. The van der Waals surface area contributed by atoms with Gasteiger partial charge in [-0.05, 0) is 5.56 Å². The zero-order valence-corrected chi connectivity index (χ0v) is 11.1. The van der Waals surface area contributed by atoms with Crippen molar-refractivity contribution in [3.05, 3.63) is 35.9 Å². The van der Waals surface area contributed by atoms with Gasteiger partial charge in [0, 0.05) is 19.6 Å². The third-order valence-corrected chi connectivity index (χ3v) is 2.65. The van der Waals surface area contributed by atoms with Crippen molar-refractivity contribution in [2.24, 2.45) is 0 Å². The Balaban J connectivity index is 0.000000270. The van der Waals surface area contributed by atoms with Crippen LogP contribution in [0.1, 0.15) is 5.56 Å². The van der Waals surface area contributed by atoms with E-state index in [1.54, 1.807) is 0 Å². The molecule has 0 spiro atoms. The molecule has 5 nitrogen and oxygen atoms in total. The van der Waals surface area contributed by atoms with Crippen molar-refractivity contribution in [1.82, 2.24) is 10.2 Å². The summed E-state index contributed by atoms with van der Waals surface area (Å²) in [6.07, 6.45) is -5.08. The minimum Gasteiger partial charge on any atom is -0.475 e. The minimum absolute atomic E-state index is 0.195. The normalized spacial score (nSPS) is 15.2. The maximum absolute atomic E-state index is 11.5. The van der Waals surface area contributed by atoms with Gasteiger partial charge in [0.1, 0.15) is 0 Å². The molecule has 1 aromatic rings. The largest absolute Gasteiger partial charge is 0.490 e. The van der Waals surface area contributed by atoms with E-state index < -0.39 is 12.1 Å². The van der Waals surface area contributed by atoms with Gasteiger partial charge < -0.3 is 15.3 Å². The maximum atomic E-state index is 11.5. The molecule has 1 aliphatic rings. The van der Waals surface area contributed by atoms with E-state index in [9.17, 15) is 18.0 Å². The first-order valence-corrected chi connectivity index (χ1v) is 6.13. The van der Waals surface area contributed by atoms with Crippen LogP contribution in [0, 0.1) is 0 Å². The number of aliphatic carboxylic acids is 1. The standard InChI is InChI=1S/C11H14N2O.C2HF3O2/c14-11-8-12-6-7-13(11)9-10-4-2-1-3-5-10;3-2(4,5)1(6)7/h1-5,12H,6-9H2;(H,6,7). The maximum Gasteiger partial charge on any atom is 0.490 e. The van der Waals surface area contributed by atoms with E-state index in [1.165, 1.54) is 5.56 Å². The summed E-state index contributed by atoms with van der Waals surface area (Å²) in [7, 11) is 0. The van der Waals surface area contributed by atoms with Crippen LogP contribution < -0.4 is 5.32 Å². The molecule has 1 aromatic carbocycles. The fourth-order valence-corrected chi connectivity index (χ4v) is 1.62. The van der Waals surface area contributed by atoms with Crippen LogP contribution in [0.4, 0.5) is 13.2 Å². The second kappa shape index (κ2) is 7.63. The first-order chi connectivity index (χ1) is 9.80. The lowest BCUT2D eigenvalue weighted by atomic mass is 10.2. The molecule has 0 aliphatic carbocycles. The van der Waals surface area contributed by atoms with Gasteiger partial charge in [0.25, 0.3) is 0 Å². The number of amides is 1. The minimum atomic E-state index is -5.08. The summed E-state index contributed by atoms with van der Waals surface area (Å²) in [5.74, 6) is -2.56. The Morgan fingerprint density at radius 1 is 1.29 bits per heavy atom. The molecule has 0 aromatic heterocycles. The second-order valence-corrected chi connectivity index (χ2v) is 4.28. The predicted octanol–water partition coefficient (Wildman–Crippen LogP) is 1.25. The molecule has 0 unspecified atom stereocenters. The molecule has 1 heterocycles. The van der Waals surface area contributed by atoms with Gasteiger partial charge in [-0.2, -0.15) is 13.2 Å². The van der Waals surface area contributed by atoms with E-state index in [0.717, 1.165) is 19.6 Å². The molecule has 1 amide bonds. The summed E-state index contributed by atoms with van der Waals surface area (Å²) in [6, 6.07) is 10.1. The number of piperazine rings is 1. The van der Waals surface area contributed by atoms with Gasteiger partial charge in [0.15, 0.2) is 0 Å². The van der Waals surface area contributed by atoms with Gasteiger partial charge in [-0.15, -0.1) is 0 Å². The number of carboxylic acid groups (broad SMARTS) is 1. The Labute approximate surface area is 119 Å². The average Bonchev–Trinajstić information content (AvgIpc) is 2.42. The predicted molar refractivity (Wildman–Crippen MR) is 68.4 cm³/mol. The lowest BCUT2D eigenvalue weighted by Gasteiger charge is -2.27. The van der Waals surface area contributed by atoms with Crippen molar-refractivity contribution in [3.8, 4) is 0 Å². The van der Waals surface area contributed by atoms with E-state index >= 15 is 0 Å². The van der Waals surface area contributed by atoms with Crippen molar-refractivity contribution in [3.63, 3.8) is 0 Å². The first-order valence-electron chi connectivity index (χ1n) is 6.13. The lowest BCUT2D eigenvalue weighted by Crippen LogP contribution is -2.47. The monoisotopic (exact) mass is 304 g/mol. The van der Waals surface area contributed by atoms with Crippen LogP contribution >= 0.6 is 0 Å². The Bertz CT molecular complexity index is 477. The Morgan fingerprint density at radius 2 is 1.86 bits per heavy atom. The van der Waals surface area contributed by atoms with Gasteiger partial charge >= 0.3 is 12.1 Å². The van der Waals surface area contributed by atoms with E-state index in [-0.39, 0.29) is 5.91 Å². The average molecular weight is 304 g/mol. The van der Waals surface area contributed by atoms with Gasteiger partial charge in [-0.3, -0.25) is 4.79 Å². The quantitative estimate of drug-likeness (QED) is 0.863. The SMILES string of the molecule is O=C(O)C(F)(F)F.O=C1CNCCN1Cc1ccccc1. The van der Waals surface area contributed by atoms with Crippen LogP contribution in [-0.4, -0.2) is 47.7 Å². The highest BCUT2D eigenvalue weighted by Gasteiger charge is 2.38. The molecule has 116 valence electrons. The molecule has 0 saturated carbocycles. The second-order valence-electron chi connectivity index (χ2n) is 4.28. The molecule has 2 rings (SSSR count). The summed E-state index contributed by atoms with van der Waals surface area (Å²) in [4.78, 5) is 22.3. The van der Waals surface area contributed by atoms with E-state index in [2.05, 4.69) is 17.4 Å². The summed E-state index contributed by atoms with van der Waals surface area (Å²) < 4.78 is 31.7. The number of nitrogens with zero attached hydrogens (tertiary/aromatic N) is 1. The molecular formula is C13H15F3N2O3. The van der Waals surface area contributed by atoms with Gasteiger partial charge in [0.2, 0.25) is 5.91 Å². The van der Waals surface area contributed by atoms with E-state index in [4.69, 9.17) is 9.90 Å². The molecule has 21 heavy (non-hydrogen) atoms. The molecule has 8 heteroatoms. The molecule has 0 radical (unpaired) electrons. The number of rotatable bonds is 2. The number of carbonyl (C=O) groups is 2. The number of hydrogen-bond donors (Lipinski definition) is 2. The highest BCUT2D eigenvalue weighted by Crippen LogP contribution is 2.13. The van der Waals surface area contributed by atoms with Crippen LogP contribution in [-0.2, 0) is 16.1 Å². The third-order valence-electron chi connectivity index (χ3n) is 2.65. The highest BCUT2D eigenvalue weighted by atomic mass is 19.4. The molecule has 0 atom stereocenters. The topological polar surface area (TPSA) is 69.6 Å². The van der Waals surface area contributed by atoms with E-state index in [0.29, 0.717) is 6.54 Å². The molecular weight excluding hydrogens is 289 g/mol. The van der Waals surface area contributed by atoms with Gasteiger partial charge in [-0.25, -0.2) is 4.79 Å². The summed E-state index contributed by atoms with van der Waals surface area (Å²) in [6.45, 7) is 2.93. The van der Waals surface area contributed by atoms with E-state index in [1.807, 2.05) is 23.1 Å². The smallest absolute Gasteiger partial charge is 0.475 e. The number of benzene rings is 1. The molecule has 0 bridgehead atoms. The van der Waals surface area contributed by atoms with Crippen LogP contribution in [0.25, 0.3) is 0 Å². The zero-order valence-electron chi connectivity index (χ0n) is 11.1. The van der Waals surface area contributed by atoms with Crippen molar-refractivity contribution < 1.29 is 27.9 Å². The summed E-state index contributed by atoms with van der Waals surface area (Å²) in [5.41, 5.74) is 1.20. The van der Waals surface area contributed by atoms with Crippen LogP contribution in [0.15, 0.2) is 30.3 Å². The summed E-state index contributed by atoms with van der Waals surface area (Å²) >= 11 is 0. The van der Waals surface area contributed by atoms with Gasteiger partial charge in [-0.1, -0.05) is 30.3 Å². The summed E-state index contributed by atoms with van der Waals surface area (Å²) in [5, 5.41) is 10.2. The highest BCUT2D eigenvalue weighted by molar-refractivity contribution is 5.79. The molecule has 1 aliphatic heterocycles. The number of carbonyl (C=O) groups excluding carboxylic acids is 1. The molecule has 1 saturated heterocycles. The molecule has 1 fully saturated rings. The Hall–Kier alpha value is -2.09. The fraction of sp³-hybridized carbons (Fsp3) is 0.385. The number of hydrogen-bond acceptors (Lipinski definition) is 3. The Kier molecular flexibility index (Phi) is 6.16. The van der Waals surface area contributed by atoms with Crippen molar-refractivity contribution in [2.45, 2.75) is 12.7 Å². The Morgan fingerprint density at radius 3 is 2.33 bits per heavy atom. The fourth-order valence-electron chi connectivity index (χ4n) is 1.62. The van der Waals surface area contributed by atoms with Crippen LogP contribution in [0.3, 0.4) is 0 Å². The van der Waals surface area contributed by atoms with Crippen molar-refractivity contribution in [2.75, 3.05) is 19.6 Å².